The molecule has 122 valence electrons. The van der Waals surface area contributed by atoms with Crippen molar-refractivity contribution in [2.75, 3.05) is 14.1 Å². The Kier molecular flexibility index (Phi) is 2.65. The van der Waals surface area contributed by atoms with Crippen molar-refractivity contribution < 1.29 is 9.90 Å². The summed E-state index contributed by atoms with van der Waals surface area (Å²) in [5.41, 5.74) is 3.69. The zero-order valence-corrected chi connectivity index (χ0v) is 14.1. The van der Waals surface area contributed by atoms with E-state index in [1.54, 1.807) is 12.1 Å². The molecule has 3 aromatic rings. The lowest BCUT2D eigenvalue weighted by Crippen LogP contribution is -2.43. The van der Waals surface area contributed by atoms with Crippen molar-refractivity contribution in [3.05, 3.63) is 82.9 Å². The van der Waals surface area contributed by atoms with Gasteiger partial charge in [-0.1, -0.05) is 60.4 Å². The number of hydrogen-bond acceptors (Lipinski definition) is 2. The van der Waals surface area contributed by atoms with Gasteiger partial charge in [-0.2, -0.15) is 0 Å². The molecule has 1 aliphatic carbocycles. The number of Topliss-reactive ketones (excluding diaryl/α,β-unsaturated/α-hetero) is 1. The summed E-state index contributed by atoms with van der Waals surface area (Å²) < 4.78 is 0.484. The summed E-state index contributed by atoms with van der Waals surface area (Å²) >= 11 is 0. The number of likely N-dealkylation sites (N-methyl/N-ethyl adjacent to an activating group) is 1. The summed E-state index contributed by atoms with van der Waals surface area (Å²) in [5, 5.41) is 15.4. The molecular formula is C22H17NO2. The molecule has 1 atom stereocenters. The van der Waals surface area contributed by atoms with Crippen molar-refractivity contribution in [3.8, 4) is 0 Å². The summed E-state index contributed by atoms with van der Waals surface area (Å²) in [6, 6.07) is 19.3. The van der Waals surface area contributed by atoms with Gasteiger partial charge in [0.25, 0.3) is 0 Å². The summed E-state index contributed by atoms with van der Waals surface area (Å²) in [4.78, 5) is 13.1. The third-order valence-corrected chi connectivity index (χ3v) is 5.65. The van der Waals surface area contributed by atoms with Gasteiger partial charge in [0.05, 0.1) is 25.1 Å². The number of fused-ring (bicyclic) bond motifs is 1. The Hall–Kier alpha value is -2.91. The molecule has 1 heterocycles. The van der Waals surface area contributed by atoms with E-state index in [1.165, 1.54) is 5.39 Å². The van der Waals surface area contributed by atoms with Crippen LogP contribution in [0.1, 0.15) is 27.5 Å². The molecule has 0 radical (unpaired) electrons. The quantitative estimate of drug-likeness (QED) is 0.643. The zero-order valence-electron chi connectivity index (χ0n) is 14.1. The van der Waals surface area contributed by atoms with E-state index in [9.17, 15) is 9.90 Å². The molecule has 0 saturated heterocycles. The SMILES string of the molecule is C[N+]1(C)c2cccc3cccc(c23)[C@H]1C1=C([O-])c2ccccc2C1=O. The van der Waals surface area contributed by atoms with E-state index >= 15 is 0 Å². The third-order valence-electron chi connectivity index (χ3n) is 5.65. The average molecular weight is 327 g/mol. The first-order valence-corrected chi connectivity index (χ1v) is 8.43. The number of rotatable bonds is 1. The number of nitrogens with zero attached hydrogens (tertiary/aromatic N) is 1. The maximum Gasteiger partial charge on any atom is 0.195 e. The highest BCUT2D eigenvalue weighted by molar-refractivity contribution is 6.21. The lowest BCUT2D eigenvalue weighted by molar-refractivity contribution is -0.244. The molecule has 0 N–H and O–H groups in total. The predicted molar refractivity (Wildman–Crippen MR) is 98.0 cm³/mol. The van der Waals surface area contributed by atoms with Gasteiger partial charge in [-0.05, 0) is 17.0 Å². The van der Waals surface area contributed by atoms with Gasteiger partial charge in [0.2, 0.25) is 0 Å². The van der Waals surface area contributed by atoms with Crippen LogP contribution in [0.5, 0.6) is 0 Å². The van der Waals surface area contributed by atoms with Gasteiger partial charge in [0.1, 0.15) is 11.7 Å². The minimum absolute atomic E-state index is 0.124. The van der Waals surface area contributed by atoms with Crippen LogP contribution in [0.25, 0.3) is 16.5 Å². The van der Waals surface area contributed by atoms with Crippen molar-refractivity contribution in [2.45, 2.75) is 6.04 Å². The first-order valence-electron chi connectivity index (χ1n) is 8.43. The normalized spacial score (nSPS) is 20.4. The summed E-state index contributed by atoms with van der Waals surface area (Å²) in [6.07, 6.45) is 0. The highest BCUT2D eigenvalue weighted by atomic mass is 16.3. The van der Waals surface area contributed by atoms with Crippen molar-refractivity contribution in [1.82, 2.24) is 4.48 Å². The van der Waals surface area contributed by atoms with Crippen LogP contribution in [0.3, 0.4) is 0 Å². The lowest BCUT2D eigenvalue weighted by atomic mass is 9.94. The van der Waals surface area contributed by atoms with Crippen LogP contribution in [-0.2, 0) is 0 Å². The molecular weight excluding hydrogens is 310 g/mol. The molecule has 0 saturated carbocycles. The van der Waals surface area contributed by atoms with E-state index < -0.39 is 0 Å². The second-order valence-electron chi connectivity index (χ2n) is 7.28. The molecule has 0 fully saturated rings. The maximum atomic E-state index is 13.1. The summed E-state index contributed by atoms with van der Waals surface area (Å²) in [5.74, 6) is -0.247. The fourth-order valence-electron chi connectivity index (χ4n) is 4.54. The van der Waals surface area contributed by atoms with Gasteiger partial charge in [-0.15, -0.1) is 0 Å². The van der Waals surface area contributed by atoms with Crippen LogP contribution in [0.4, 0.5) is 5.69 Å². The largest absolute Gasteiger partial charge is 0.872 e. The van der Waals surface area contributed by atoms with E-state index in [4.69, 9.17) is 0 Å². The molecule has 0 aromatic heterocycles. The fraction of sp³-hybridized carbons (Fsp3) is 0.136. The van der Waals surface area contributed by atoms with E-state index in [-0.39, 0.29) is 17.6 Å². The number of carbonyl (C=O) groups is 1. The monoisotopic (exact) mass is 327 g/mol. The number of carbonyl (C=O) groups excluding carboxylic acids is 1. The van der Waals surface area contributed by atoms with E-state index in [0.29, 0.717) is 21.2 Å². The van der Waals surface area contributed by atoms with Gasteiger partial charge in [0, 0.05) is 11.1 Å². The van der Waals surface area contributed by atoms with Crippen LogP contribution in [0, 0.1) is 0 Å². The van der Waals surface area contributed by atoms with Gasteiger partial charge >= 0.3 is 0 Å². The highest BCUT2D eigenvalue weighted by Gasteiger charge is 2.47. The first-order chi connectivity index (χ1) is 12.0. The summed E-state index contributed by atoms with van der Waals surface area (Å²) in [6.45, 7) is 0. The van der Waals surface area contributed by atoms with Crippen LogP contribution in [0.2, 0.25) is 0 Å². The van der Waals surface area contributed by atoms with Crippen LogP contribution in [0.15, 0.2) is 66.2 Å². The van der Waals surface area contributed by atoms with Gasteiger partial charge in [0.15, 0.2) is 5.78 Å². The van der Waals surface area contributed by atoms with Crippen molar-refractivity contribution in [1.29, 1.82) is 0 Å². The van der Waals surface area contributed by atoms with Crippen molar-refractivity contribution in [2.24, 2.45) is 0 Å². The van der Waals surface area contributed by atoms with Crippen molar-refractivity contribution in [3.63, 3.8) is 0 Å². The number of ketones is 1. The second kappa shape index (κ2) is 4.58. The molecule has 3 heteroatoms. The molecule has 3 nitrogen and oxygen atoms in total. The lowest BCUT2D eigenvalue weighted by Gasteiger charge is -2.34. The topological polar surface area (TPSA) is 40.1 Å². The van der Waals surface area contributed by atoms with E-state index in [1.807, 2.05) is 24.3 Å². The number of benzene rings is 3. The van der Waals surface area contributed by atoms with Crippen LogP contribution in [-0.4, -0.2) is 19.9 Å². The molecule has 25 heavy (non-hydrogen) atoms. The molecule has 0 spiro atoms. The van der Waals surface area contributed by atoms with E-state index in [2.05, 4.69) is 38.4 Å². The molecule has 0 amide bonds. The zero-order chi connectivity index (χ0) is 17.3. The smallest absolute Gasteiger partial charge is 0.195 e. The Morgan fingerprint density at radius 2 is 1.56 bits per heavy atom. The Balaban J connectivity index is 1.82. The number of hydrogen-bond donors (Lipinski definition) is 0. The van der Waals surface area contributed by atoms with Crippen molar-refractivity contribution >= 4 is 28.0 Å². The Labute approximate surface area is 146 Å². The predicted octanol–water partition coefficient (Wildman–Crippen LogP) is 3.43. The average Bonchev–Trinajstić information content (AvgIpc) is 2.99. The molecule has 0 bridgehead atoms. The standard InChI is InChI=1S/C22H17NO2/c1-23(2)17-12-6-8-13-7-5-11-16(18(13)17)20(23)19-21(24)14-9-3-4-10-15(14)22(19)25/h3-12,20H,1-2H3/t20-/m0/s1. The van der Waals surface area contributed by atoms with Gasteiger partial charge in [-0.3, -0.25) is 9.28 Å². The highest BCUT2D eigenvalue weighted by Crippen LogP contribution is 2.52. The van der Waals surface area contributed by atoms with Crippen LogP contribution < -0.4 is 9.59 Å². The van der Waals surface area contributed by atoms with Gasteiger partial charge in [-0.25, -0.2) is 0 Å². The first kappa shape index (κ1) is 14.4. The van der Waals surface area contributed by atoms with Crippen LogP contribution >= 0.6 is 0 Å². The minimum Gasteiger partial charge on any atom is -0.872 e. The Morgan fingerprint density at radius 1 is 0.880 bits per heavy atom. The van der Waals surface area contributed by atoms with Gasteiger partial charge < -0.3 is 5.11 Å². The number of quaternary nitrogens is 1. The third kappa shape index (κ3) is 1.66. The molecule has 1 aliphatic heterocycles. The Morgan fingerprint density at radius 3 is 2.28 bits per heavy atom. The molecule has 0 unspecified atom stereocenters. The Bertz CT molecular complexity index is 1100. The molecule has 5 rings (SSSR count). The second-order valence-corrected chi connectivity index (χ2v) is 7.28. The fourth-order valence-corrected chi connectivity index (χ4v) is 4.54. The van der Waals surface area contributed by atoms with E-state index in [0.717, 1.165) is 16.6 Å². The molecule has 3 aromatic carbocycles. The molecule has 2 aliphatic rings. The minimum atomic E-state index is -0.270. The maximum absolute atomic E-state index is 13.1. The summed E-state index contributed by atoms with van der Waals surface area (Å²) in [7, 11) is 4.16.